The smallest absolute Gasteiger partial charge is 0.233 e. The van der Waals surface area contributed by atoms with Crippen LogP contribution in [0.5, 0.6) is 5.75 Å². The molecule has 134 valence electrons. The van der Waals surface area contributed by atoms with E-state index in [0.717, 1.165) is 22.6 Å². The standard InChI is InChI=1S/C20H24ClNO2S/c1-4-19(25-17-11-9-16(21)10-12-17)20(23)22-15(3)13-24-18-8-6-5-7-14(18)2/h5-12,15,19H,4,13H2,1-3H3,(H,22,23)/t15-,19+/m0/s1. The van der Waals surface area contributed by atoms with Crippen LogP contribution < -0.4 is 10.1 Å². The molecule has 0 aromatic heterocycles. The largest absolute Gasteiger partial charge is 0.491 e. The summed E-state index contributed by atoms with van der Waals surface area (Å²) >= 11 is 7.46. The number of carbonyl (C=O) groups excluding carboxylic acids is 1. The molecule has 1 amide bonds. The zero-order valence-electron chi connectivity index (χ0n) is 14.8. The number of nitrogens with one attached hydrogen (secondary N) is 1. The first-order valence-corrected chi connectivity index (χ1v) is 9.66. The number of rotatable bonds is 8. The summed E-state index contributed by atoms with van der Waals surface area (Å²) in [5.74, 6) is 0.884. The van der Waals surface area contributed by atoms with Crippen LogP contribution in [-0.2, 0) is 4.79 Å². The molecule has 0 bridgehead atoms. The molecule has 0 aliphatic heterocycles. The minimum atomic E-state index is -0.137. The van der Waals surface area contributed by atoms with Crippen LogP contribution in [0.25, 0.3) is 0 Å². The highest BCUT2D eigenvalue weighted by atomic mass is 35.5. The number of aryl methyl sites for hydroxylation is 1. The fourth-order valence-corrected chi connectivity index (χ4v) is 3.40. The Kier molecular flexibility index (Phi) is 7.66. The highest BCUT2D eigenvalue weighted by Gasteiger charge is 2.20. The van der Waals surface area contributed by atoms with Crippen molar-refractivity contribution in [3.63, 3.8) is 0 Å². The second-order valence-corrected chi connectivity index (χ2v) is 7.67. The number of para-hydroxylation sites is 1. The molecular formula is C20H24ClNO2S. The average Bonchev–Trinajstić information content (AvgIpc) is 2.60. The van der Waals surface area contributed by atoms with Gasteiger partial charge in [-0.1, -0.05) is 36.7 Å². The van der Waals surface area contributed by atoms with Gasteiger partial charge in [-0.2, -0.15) is 0 Å². The second kappa shape index (κ2) is 9.73. The number of amides is 1. The van der Waals surface area contributed by atoms with Crippen LogP contribution in [0.15, 0.2) is 53.4 Å². The van der Waals surface area contributed by atoms with E-state index in [4.69, 9.17) is 16.3 Å². The quantitative estimate of drug-likeness (QED) is 0.650. The molecular weight excluding hydrogens is 354 g/mol. The zero-order chi connectivity index (χ0) is 18.2. The topological polar surface area (TPSA) is 38.3 Å². The molecule has 0 saturated heterocycles. The molecule has 5 heteroatoms. The Morgan fingerprint density at radius 1 is 1.20 bits per heavy atom. The van der Waals surface area contributed by atoms with Crippen molar-refractivity contribution in [1.82, 2.24) is 5.32 Å². The number of thioether (sulfide) groups is 1. The predicted molar refractivity (Wildman–Crippen MR) is 106 cm³/mol. The van der Waals surface area contributed by atoms with Crippen molar-refractivity contribution < 1.29 is 9.53 Å². The number of ether oxygens (including phenoxy) is 1. The molecule has 0 heterocycles. The van der Waals surface area contributed by atoms with Crippen LogP contribution in [0.2, 0.25) is 5.02 Å². The van der Waals surface area contributed by atoms with Crippen molar-refractivity contribution in [1.29, 1.82) is 0 Å². The fraction of sp³-hybridized carbons (Fsp3) is 0.350. The van der Waals surface area contributed by atoms with E-state index in [0.29, 0.717) is 11.6 Å². The third kappa shape index (κ3) is 6.29. The number of hydrogen-bond donors (Lipinski definition) is 1. The van der Waals surface area contributed by atoms with Crippen LogP contribution >= 0.6 is 23.4 Å². The van der Waals surface area contributed by atoms with Crippen molar-refractivity contribution >= 4 is 29.3 Å². The Morgan fingerprint density at radius 3 is 2.52 bits per heavy atom. The van der Waals surface area contributed by atoms with E-state index in [1.807, 2.05) is 69.3 Å². The van der Waals surface area contributed by atoms with Gasteiger partial charge in [0.15, 0.2) is 0 Å². The third-order valence-electron chi connectivity index (χ3n) is 3.73. The maximum Gasteiger partial charge on any atom is 0.233 e. The van der Waals surface area contributed by atoms with Crippen LogP contribution in [0.1, 0.15) is 25.8 Å². The molecule has 2 atom stereocenters. The van der Waals surface area contributed by atoms with Gasteiger partial charge in [-0.05, 0) is 56.2 Å². The average molecular weight is 378 g/mol. The Balaban J connectivity index is 1.85. The highest BCUT2D eigenvalue weighted by Crippen LogP contribution is 2.27. The Morgan fingerprint density at radius 2 is 1.88 bits per heavy atom. The summed E-state index contributed by atoms with van der Waals surface area (Å²) in [6, 6.07) is 15.4. The second-order valence-electron chi connectivity index (χ2n) is 5.95. The van der Waals surface area contributed by atoms with Crippen molar-refractivity contribution in [2.75, 3.05) is 6.61 Å². The number of benzene rings is 2. The monoisotopic (exact) mass is 377 g/mol. The summed E-state index contributed by atoms with van der Waals surface area (Å²) in [5, 5.41) is 3.60. The Hall–Kier alpha value is -1.65. The first kappa shape index (κ1) is 19.7. The van der Waals surface area contributed by atoms with E-state index in [-0.39, 0.29) is 17.2 Å². The molecule has 2 aromatic carbocycles. The van der Waals surface area contributed by atoms with Crippen molar-refractivity contribution in [3.8, 4) is 5.75 Å². The lowest BCUT2D eigenvalue weighted by Crippen LogP contribution is -2.41. The fourth-order valence-electron chi connectivity index (χ4n) is 2.31. The Bertz CT molecular complexity index is 690. The number of hydrogen-bond acceptors (Lipinski definition) is 3. The third-order valence-corrected chi connectivity index (χ3v) is 5.35. The number of halogens is 1. The lowest BCUT2D eigenvalue weighted by molar-refractivity contribution is -0.121. The highest BCUT2D eigenvalue weighted by molar-refractivity contribution is 8.00. The molecule has 0 unspecified atom stereocenters. The molecule has 25 heavy (non-hydrogen) atoms. The summed E-state index contributed by atoms with van der Waals surface area (Å²) in [6.45, 7) is 6.42. The first-order chi connectivity index (χ1) is 12.0. The molecule has 0 spiro atoms. The van der Waals surface area contributed by atoms with Gasteiger partial charge in [0.1, 0.15) is 12.4 Å². The van der Waals surface area contributed by atoms with Crippen LogP contribution in [0.4, 0.5) is 0 Å². The lowest BCUT2D eigenvalue weighted by atomic mass is 10.2. The predicted octanol–water partition coefficient (Wildman–Crippen LogP) is 5.10. The van der Waals surface area contributed by atoms with E-state index in [1.165, 1.54) is 0 Å². The van der Waals surface area contributed by atoms with Gasteiger partial charge in [0.2, 0.25) is 5.91 Å². The summed E-state index contributed by atoms with van der Waals surface area (Å²) in [4.78, 5) is 13.6. The van der Waals surface area contributed by atoms with E-state index in [2.05, 4.69) is 5.32 Å². The van der Waals surface area contributed by atoms with Gasteiger partial charge >= 0.3 is 0 Å². The van der Waals surface area contributed by atoms with Crippen molar-refractivity contribution in [2.24, 2.45) is 0 Å². The van der Waals surface area contributed by atoms with Gasteiger partial charge in [-0.15, -0.1) is 11.8 Å². The molecule has 2 aromatic rings. The van der Waals surface area contributed by atoms with E-state index in [1.54, 1.807) is 11.8 Å². The van der Waals surface area contributed by atoms with E-state index in [9.17, 15) is 4.79 Å². The van der Waals surface area contributed by atoms with Gasteiger partial charge < -0.3 is 10.1 Å². The molecule has 3 nitrogen and oxygen atoms in total. The minimum Gasteiger partial charge on any atom is -0.491 e. The van der Waals surface area contributed by atoms with Gasteiger partial charge in [-0.25, -0.2) is 0 Å². The summed E-state index contributed by atoms with van der Waals surface area (Å²) in [7, 11) is 0. The van der Waals surface area contributed by atoms with Gasteiger partial charge in [0.05, 0.1) is 11.3 Å². The van der Waals surface area contributed by atoms with Gasteiger partial charge in [0, 0.05) is 9.92 Å². The number of carbonyl (C=O) groups is 1. The van der Waals surface area contributed by atoms with Crippen LogP contribution in [0, 0.1) is 6.92 Å². The van der Waals surface area contributed by atoms with Crippen LogP contribution in [-0.4, -0.2) is 23.8 Å². The van der Waals surface area contributed by atoms with E-state index < -0.39 is 0 Å². The minimum absolute atomic E-state index is 0.0309. The van der Waals surface area contributed by atoms with Gasteiger partial charge in [0.25, 0.3) is 0 Å². The lowest BCUT2D eigenvalue weighted by Gasteiger charge is -2.20. The molecule has 1 N–H and O–H groups in total. The maximum absolute atomic E-state index is 12.5. The summed E-state index contributed by atoms with van der Waals surface area (Å²) in [6.07, 6.45) is 0.754. The van der Waals surface area contributed by atoms with Crippen LogP contribution in [0.3, 0.4) is 0 Å². The first-order valence-electron chi connectivity index (χ1n) is 8.40. The zero-order valence-corrected chi connectivity index (χ0v) is 16.4. The SMILES string of the molecule is CC[C@@H](Sc1ccc(Cl)cc1)C(=O)N[C@@H](C)COc1ccccc1C. The molecule has 0 aliphatic carbocycles. The van der Waals surface area contributed by atoms with Crippen molar-refractivity contribution in [2.45, 2.75) is 43.4 Å². The molecule has 0 saturated carbocycles. The molecule has 2 rings (SSSR count). The normalized spacial score (nSPS) is 13.1. The summed E-state index contributed by atoms with van der Waals surface area (Å²) in [5.41, 5.74) is 1.09. The summed E-state index contributed by atoms with van der Waals surface area (Å²) < 4.78 is 5.81. The van der Waals surface area contributed by atoms with Crippen molar-refractivity contribution in [3.05, 3.63) is 59.1 Å². The Labute approximate surface area is 159 Å². The maximum atomic E-state index is 12.5. The molecule has 0 aliphatic rings. The van der Waals surface area contributed by atoms with Gasteiger partial charge in [-0.3, -0.25) is 4.79 Å². The molecule has 0 fully saturated rings. The van der Waals surface area contributed by atoms with E-state index >= 15 is 0 Å². The molecule has 0 radical (unpaired) electrons.